The van der Waals surface area contributed by atoms with Crippen LogP contribution in [0, 0.1) is 24.7 Å². The van der Waals surface area contributed by atoms with E-state index >= 15 is 0 Å². The van der Waals surface area contributed by atoms with Crippen LogP contribution in [0.1, 0.15) is 50.2 Å². The molecule has 7 heteroatoms. The highest BCUT2D eigenvalue weighted by Crippen LogP contribution is 2.38. The monoisotopic (exact) mass is 441 g/mol. The number of fused-ring (bicyclic) bond motifs is 1. The van der Waals surface area contributed by atoms with Crippen LogP contribution in [0.25, 0.3) is 0 Å². The Balaban J connectivity index is 1.18. The molecule has 32 heavy (non-hydrogen) atoms. The molecule has 0 radical (unpaired) electrons. The van der Waals surface area contributed by atoms with Gasteiger partial charge < -0.3 is 26.8 Å². The van der Waals surface area contributed by atoms with Crippen LogP contribution < -0.4 is 27.0 Å². The van der Waals surface area contributed by atoms with Crippen molar-refractivity contribution in [3.05, 3.63) is 29.3 Å². The van der Waals surface area contributed by atoms with Gasteiger partial charge in [0, 0.05) is 36.4 Å². The van der Waals surface area contributed by atoms with Crippen molar-refractivity contribution < 1.29 is 9.90 Å². The number of anilines is 1. The van der Waals surface area contributed by atoms with Crippen molar-refractivity contribution >= 4 is 11.6 Å². The number of piperidine rings is 1. The van der Waals surface area contributed by atoms with E-state index in [-0.39, 0.29) is 42.0 Å². The molecule has 3 fully saturated rings. The molecule has 1 amide bonds. The predicted octanol–water partition coefficient (Wildman–Crippen LogP) is 1.24. The van der Waals surface area contributed by atoms with Crippen LogP contribution in [-0.4, -0.2) is 54.0 Å². The maximum Gasteiger partial charge on any atom is 0.224 e. The van der Waals surface area contributed by atoms with Crippen molar-refractivity contribution in [2.24, 2.45) is 23.5 Å². The third-order valence-electron chi connectivity index (χ3n) is 8.29. The molecule has 6 unspecified atom stereocenters. The van der Waals surface area contributed by atoms with Crippen molar-refractivity contribution in [3.8, 4) is 0 Å². The summed E-state index contributed by atoms with van der Waals surface area (Å²) in [7, 11) is 0. The van der Waals surface area contributed by atoms with E-state index in [1.165, 1.54) is 29.7 Å². The number of aliphatic hydroxyl groups is 1. The Labute approximate surface area is 191 Å². The zero-order valence-corrected chi connectivity index (χ0v) is 19.3. The lowest BCUT2D eigenvalue weighted by Gasteiger charge is -2.42. The fourth-order valence-corrected chi connectivity index (χ4v) is 5.92. The average molecular weight is 442 g/mol. The van der Waals surface area contributed by atoms with Crippen molar-refractivity contribution in [1.29, 1.82) is 0 Å². The zero-order valence-electron chi connectivity index (χ0n) is 19.3. The number of para-hydroxylation sites is 1. The van der Waals surface area contributed by atoms with Crippen LogP contribution >= 0.6 is 0 Å². The molecule has 176 valence electrons. The predicted molar refractivity (Wildman–Crippen MR) is 126 cm³/mol. The molecule has 2 heterocycles. The summed E-state index contributed by atoms with van der Waals surface area (Å²) in [6.07, 6.45) is 5.51. The molecule has 0 bridgehead atoms. The minimum absolute atomic E-state index is 0.00667. The van der Waals surface area contributed by atoms with E-state index < -0.39 is 6.23 Å². The van der Waals surface area contributed by atoms with Crippen LogP contribution in [0.5, 0.6) is 0 Å². The number of carbonyl (C=O) groups is 1. The fraction of sp³-hybridized carbons (Fsp3) is 0.720. The summed E-state index contributed by atoms with van der Waals surface area (Å²) < 4.78 is 0. The van der Waals surface area contributed by atoms with E-state index in [1.54, 1.807) is 0 Å². The molecule has 2 aliphatic carbocycles. The molecular formula is C25H39N5O2. The van der Waals surface area contributed by atoms with Gasteiger partial charge in [0.15, 0.2) is 0 Å². The lowest BCUT2D eigenvalue weighted by molar-refractivity contribution is -0.127. The minimum Gasteiger partial charge on any atom is -0.378 e. The zero-order chi connectivity index (χ0) is 22.4. The molecule has 0 spiro atoms. The van der Waals surface area contributed by atoms with E-state index in [1.807, 2.05) is 0 Å². The molecular weight excluding hydrogens is 402 g/mol. The maximum atomic E-state index is 12.7. The SMILES string of the molecule is Cc1cccc2c1NC(C(O)NC(C1CC1)C1NCC(C(=O)N[C@H]3CC[C@H]3N)CC1C)C2. The van der Waals surface area contributed by atoms with Crippen LogP contribution in [0.15, 0.2) is 18.2 Å². The lowest BCUT2D eigenvalue weighted by Crippen LogP contribution is -2.62. The number of aryl methyl sites for hydroxylation is 1. The highest BCUT2D eigenvalue weighted by atomic mass is 16.3. The van der Waals surface area contributed by atoms with Gasteiger partial charge in [-0.25, -0.2) is 0 Å². The summed E-state index contributed by atoms with van der Waals surface area (Å²) in [6.45, 7) is 5.04. The molecule has 8 atom stereocenters. The van der Waals surface area contributed by atoms with Gasteiger partial charge in [-0.1, -0.05) is 25.1 Å². The van der Waals surface area contributed by atoms with E-state index in [4.69, 9.17) is 5.73 Å². The lowest BCUT2D eigenvalue weighted by atomic mass is 9.80. The van der Waals surface area contributed by atoms with Gasteiger partial charge in [-0.15, -0.1) is 0 Å². The molecule has 2 aliphatic heterocycles. The number of benzene rings is 1. The molecule has 7 N–H and O–H groups in total. The highest BCUT2D eigenvalue weighted by Gasteiger charge is 2.44. The van der Waals surface area contributed by atoms with Crippen molar-refractivity contribution in [2.45, 2.75) is 88.8 Å². The Hall–Kier alpha value is -1.67. The van der Waals surface area contributed by atoms with Gasteiger partial charge in [-0.05, 0) is 68.4 Å². The van der Waals surface area contributed by atoms with E-state index in [9.17, 15) is 9.90 Å². The van der Waals surface area contributed by atoms with Crippen LogP contribution in [0.4, 0.5) is 5.69 Å². The molecule has 1 aromatic carbocycles. The molecule has 1 saturated heterocycles. The van der Waals surface area contributed by atoms with Crippen LogP contribution in [0.2, 0.25) is 0 Å². The largest absolute Gasteiger partial charge is 0.378 e. The van der Waals surface area contributed by atoms with Crippen molar-refractivity contribution in [1.82, 2.24) is 16.0 Å². The summed E-state index contributed by atoms with van der Waals surface area (Å²) in [5.41, 5.74) is 9.68. The normalized spacial score (nSPS) is 35.9. The third kappa shape index (κ3) is 4.40. The highest BCUT2D eigenvalue weighted by molar-refractivity contribution is 5.79. The first-order valence-electron chi connectivity index (χ1n) is 12.5. The number of hydrogen-bond acceptors (Lipinski definition) is 6. The van der Waals surface area contributed by atoms with Gasteiger partial charge in [-0.3, -0.25) is 10.1 Å². The molecule has 7 nitrogen and oxygen atoms in total. The standard InChI is InChI=1S/C25H39N5O2/c1-13-4-3-5-16-11-20(28-21(13)16)25(32)30-23(15-6-7-15)22-14(2)10-17(12-27-22)24(31)29-19-9-8-18(19)26/h3-5,14-15,17-20,22-23,25,27-28,30,32H,6-12,26H2,1-2H3,(H,29,31)/t14?,17?,18-,19+,20?,22?,23?,25?/m1/s1. The number of nitrogens with two attached hydrogens (primary N) is 1. The Morgan fingerprint density at radius 3 is 2.69 bits per heavy atom. The van der Waals surface area contributed by atoms with Crippen molar-refractivity contribution in [2.75, 3.05) is 11.9 Å². The number of rotatable bonds is 7. The second kappa shape index (κ2) is 8.93. The Morgan fingerprint density at radius 2 is 2.06 bits per heavy atom. The molecule has 4 aliphatic rings. The van der Waals surface area contributed by atoms with Gasteiger partial charge >= 0.3 is 0 Å². The topological polar surface area (TPSA) is 111 Å². The number of amides is 1. The van der Waals surface area contributed by atoms with Gasteiger partial charge in [0.25, 0.3) is 0 Å². The van der Waals surface area contributed by atoms with E-state index in [0.717, 1.165) is 25.7 Å². The maximum absolute atomic E-state index is 12.7. The third-order valence-corrected chi connectivity index (χ3v) is 8.29. The first-order chi connectivity index (χ1) is 15.4. The molecule has 0 aromatic heterocycles. The summed E-state index contributed by atoms with van der Waals surface area (Å²) >= 11 is 0. The first kappa shape index (κ1) is 22.1. The summed E-state index contributed by atoms with van der Waals surface area (Å²) in [5.74, 6) is 1.08. The van der Waals surface area contributed by atoms with E-state index in [0.29, 0.717) is 18.4 Å². The van der Waals surface area contributed by atoms with Gasteiger partial charge in [0.1, 0.15) is 6.23 Å². The molecule has 1 aromatic rings. The second-order valence-electron chi connectivity index (χ2n) is 10.7. The van der Waals surface area contributed by atoms with Crippen LogP contribution in [0.3, 0.4) is 0 Å². The van der Waals surface area contributed by atoms with Gasteiger partial charge in [0.2, 0.25) is 5.91 Å². The second-order valence-corrected chi connectivity index (χ2v) is 10.7. The average Bonchev–Trinajstić information content (AvgIpc) is 3.52. The first-order valence-corrected chi connectivity index (χ1v) is 12.5. The molecule has 2 saturated carbocycles. The number of carbonyl (C=O) groups excluding carboxylic acids is 1. The Bertz CT molecular complexity index is 844. The summed E-state index contributed by atoms with van der Waals surface area (Å²) in [4.78, 5) is 12.7. The molecule has 5 rings (SSSR count). The quantitative estimate of drug-likeness (QED) is 0.355. The van der Waals surface area contributed by atoms with Crippen molar-refractivity contribution in [3.63, 3.8) is 0 Å². The van der Waals surface area contributed by atoms with E-state index in [2.05, 4.69) is 53.3 Å². The smallest absolute Gasteiger partial charge is 0.224 e. The fourth-order valence-electron chi connectivity index (χ4n) is 5.92. The van der Waals surface area contributed by atoms with Gasteiger partial charge in [0.05, 0.1) is 12.0 Å². The van der Waals surface area contributed by atoms with Gasteiger partial charge in [-0.2, -0.15) is 0 Å². The Kier molecular flexibility index (Phi) is 6.18. The minimum atomic E-state index is -0.609. The number of nitrogens with one attached hydrogen (secondary N) is 4. The van der Waals surface area contributed by atoms with Crippen LogP contribution in [-0.2, 0) is 11.2 Å². The number of aliphatic hydroxyl groups excluding tert-OH is 1. The summed E-state index contributed by atoms with van der Waals surface area (Å²) in [6, 6.07) is 7.07. The summed E-state index contributed by atoms with van der Waals surface area (Å²) in [5, 5.41) is 25.1. The number of hydrogen-bond donors (Lipinski definition) is 6. The Morgan fingerprint density at radius 1 is 1.25 bits per heavy atom.